The van der Waals surface area contributed by atoms with Crippen LogP contribution in [0.5, 0.6) is 0 Å². The van der Waals surface area contributed by atoms with Crippen molar-refractivity contribution in [3.05, 3.63) is 0 Å². The summed E-state index contributed by atoms with van der Waals surface area (Å²) in [4.78, 5) is 2.67. The van der Waals surface area contributed by atoms with Gasteiger partial charge in [-0.25, -0.2) is 0 Å². The first kappa shape index (κ1) is 12.4. The first-order chi connectivity index (χ1) is 7.66. The minimum absolute atomic E-state index is 0.441. The maximum atomic E-state index is 6.07. The topological polar surface area (TPSA) is 29.3 Å². The monoisotopic (exact) mass is 224 g/mol. The second kappa shape index (κ2) is 5.50. The summed E-state index contributed by atoms with van der Waals surface area (Å²) in [5.74, 6) is 1.86. The molecule has 1 aliphatic carbocycles. The lowest BCUT2D eigenvalue weighted by Crippen LogP contribution is -2.48. The van der Waals surface area contributed by atoms with Crippen molar-refractivity contribution in [1.82, 2.24) is 4.90 Å². The Bertz CT molecular complexity index is 207. The van der Waals surface area contributed by atoms with E-state index in [-0.39, 0.29) is 0 Å². The zero-order valence-corrected chi connectivity index (χ0v) is 11.0. The highest BCUT2D eigenvalue weighted by atomic mass is 15.2. The molecule has 2 heteroatoms. The quantitative estimate of drug-likeness (QED) is 0.781. The van der Waals surface area contributed by atoms with E-state index >= 15 is 0 Å². The molecule has 2 rings (SSSR count). The van der Waals surface area contributed by atoms with Gasteiger partial charge < -0.3 is 5.73 Å². The number of nitrogens with zero attached hydrogens (tertiary/aromatic N) is 1. The van der Waals surface area contributed by atoms with Gasteiger partial charge in [0.25, 0.3) is 0 Å². The molecule has 94 valence electrons. The van der Waals surface area contributed by atoms with Crippen LogP contribution in [0.15, 0.2) is 0 Å². The Morgan fingerprint density at radius 3 is 2.31 bits per heavy atom. The molecule has 0 bridgehead atoms. The lowest BCUT2D eigenvalue weighted by atomic mass is 9.79. The molecular formula is C14H28N2. The molecule has 0 spiro atoms. The van der Waals surface area contributed by atoms with Crippen LogP contribution in [0, 0.1) is 11.8 Å². The van der Waals surface area contributed by atoms with E-state index in [1.54, 1.807) is 0 Å². The van der Waals surface area contributed by atoms with Crippen molar-refractivity contribution in [2.45, 2.75) is 64.5 Å². The van der Waals surface area contributed by atoms with Crippen LogP contribution >= 0.6 is 0 Å². The lowest BCUT2D eigenvalue weighted by molar-refractivity contribution is 0.0965. The minimum atomic E-state index is 0.441. The number of piperidine rings is 1. The highest BCUT2D eigenvalue weighted by Crippen LogP contribution is 2.32. The van der Waals surface area contributed by atoms with E-state index in [9.17, 15) is 0 Å². The summed E-state index contributed by atoms with van der Waals surface area (Å²) >= 11 is 0. The molecule has 0 radical (unpaired) electrons. The van der Waals surface area contributed by atoms with E-state index in [1.165, 1.54) is 45.1 Å². The summed E-state index contributed by atoms with van der Waals surface area (Å²) in [5, 5.41) is 0. The third-order valence-electron chi connectivity index (χ3n) is 4.69. The van der Waals surface area contributed by atoms with Crippen molar-refractivity contribution in [2.24, 2.45) is 17.6 Å². The van der Waals surface area contributed by atoms with Gasteiger partial charge in [-0.15, -0.1) is 0 Å². The van der Waals surface area contributed by atoms with Gasteiger partial charge in [0.05, 0.1) is 0 Å². The molecule has 1 unspecified atom stereocenters. The number of nitrogens with two attached hydrogens (primary N) is 1. The Kier molecular flexibility index (Phi) is 4.26. The SMILES string of the molecule is CC(C)C1CCC(N2CCCC(N)C2)CC1. The number of likely N-dealkylation sites (tertiary alicyclic amines) is 1. The van der Waals surface area contributed by atoms with Gasteiger partial charge in [-0.3, -0.25) is 4.90 Å². The third kappa shape index (κ3) is 2.98. The Morgan fingerprint density at radius 1 is 1.06 bits per heavy atom. The summed E-state index contributed by atoms with van der Waals surface area (Å²) in [6.07, 6.45) is 8.25. The number of rotatable bonds is 2. The molecular weight excluding hydrogens is 196 g/mol. The number of hydrogen-bond donors (Lipinski definition) is 1. The van der Waals surface area contributed by atoms with Crippen LogP contribution in [0.1, 0.15) is 52.4 Å². The molecule has 0 amide bonds. The van der Waals surface area contributed by atoms with E-state index < -0.39 is 0 Å². The van der Waals surface area contributed by atoms with Crippen molar-refractivity contribution in [1.29, 1.82) is 0 Å². The van der Waals surface area contributed by atoms with Gasteiger partial charge in [0.15, 0.2) is 0 Å². The fourth-order valence-corrected chi connectivity index (χ4v) is 3.51. The fourth-order valence-electron chi connectivity index (χ4n) is 3.51. The predicted octanol–water partition coefficient (Wildman–Crippen LogP) is 2.62. The van der Waals surface area contributed by atoms with Crippen molar-refractivity contribution < 1.29 is 0 Å². The van der Waals surface area contributed by atoms with Crippen molar-refractivity contribution >= 4 is 0 Å². The average Bonchev–Trinajstić information content (AvgIpc) is 2.29. The molecule has 1 saturated heterocycles. The molecule has 2 N–H and O–H groups in total. The van der Waals surface area contributed by atoms with Gasteiger partial charge in [0.1, 0.15) is 0 Å². The summed E-state index contributed by atoms with van der Waals surface area (Å²) < 4.78 is 0. The molecule has 2 fully saturated rings. The molecule has 1 aliphatic heterocycles. The van der Waals surface area contributed by atoms with Crippen molar-refractivity contribution in [2.75, 3.05) is 13.1 Å². The summed E-state index contributed by atoms with van der Waals surface area (Å²) in [7, 11) is 0. The first-order valence-corrected chi connectivity index (χ1v) is 7.16. The third-order valence-corrected chi connectivity index (χ3v) is 4.69. The van der Waals surface area contributed by atoms with E-state index in [4.69, 9.17) is 5.73 Å². The van der Waals surface area contributed by atoms with Gasteiger partial charge in [-0.05, 0) is 56.9 Å². The van der Waals surface area contributed by atoms with Crippen LogP contribution in [0.25, 0.3) is 0 Å². The lowest BCUT2D eigenvalue weighted by Gasteiger charge is -2.41. The normalized spacial score (nSPS) is 37.9. The summed E-state index contributed by atoms with van der Waals surface area (Å²) in [6.45, 7) is 7.20. The van der Waals surface area contributed by atoms with Crippen LogP contribution in [-0.2, 0) is 0 Å². The van der Waals surface area contributed by atoms with Crippen molar-refractivity contribution in [3.63, 3.8) is 0 Å². The standard InChI is InChI=1S/C14H28N2/c1-11(2)12-5-7-14(8-6-12)16-9-3-4-13(15)10-16/h11-14H,3-10,15H2,1-2H3. The zero-order chi connectivity index (χ0) is 11.5. The molecule has 1 saturated carbocycles. The molecule has 2 aliphatic rings. The van der Waals surface area contributed by atoms with Crippen LogP contribution in [0.4, 0.5) is 0 Å². The van der Waals surface area contributed by atoms with Crippen LogP contribution < -0.4 is 5.73 Å². The van der Waals surface area contributed by atoms with Crippen LogP contribution in [-0.4, -0.2) is 30.1 Å². The van der Waals surface area contributed by atoms with E-state index in [0.717, 1.165) is 24.4 Å². The molecule has 2 nitrogen and oxygen atoms in total. The smallest absolute Gasteiger partial charge is 0.0168 e. The van der Waals surface area contributed by atoms with Gasteiger partial charge in [0.2, 0.25) is 0 Å². The highest BCUT2D eigenvalue weighted by molar-refractivity contribution is 4.85. The Hall–Kier alpha value is -0.0800. The molecule has 0 aromatic heterocycles. The summed E-state index contributed by atoms with van der Waals surface area (Å²) in [6, 6.07) is 1.29. The Labute approximate surface area is 101 Å². The second-order valence-electron chi connectivity index (χ2n) is 6.21. The van der Waals surface area contributed by atoms with Crippen molar-refractivity contribution in [3.8, 4) is 0 Å². The largest absolute Gasteiger partial charge is 0.327 e. The average molecular weight is 224 g/mol. The van der Waals surface area contributed by atoms with Gasteiger partial charge in [0, 0.05) is 18.6 Å². The van der Waals surface area contributed by atoms with Gasteiger partial charge >= 0.3 is 0 Å². The molecule has 1 heterocycles. The molecule has 0 aromatic carbocycles. The Morgan fingerprint density at radius 2 is 1.75 bits per heavy atom. The second-order valence-corrected chi connectivity index (χ2v) is 6.21. The molecule has 16 heavy (non-hydrogen) atoms. The minimum Gasteiger partial charge on any atom is -0.327 e. The van der Waals surface area contributed by atoms with E-state index in [0.29, 0.717) is 6.04 Å². The predicted molar refractivity (Wildman–Crippen MR) is 69.4 cm³/mol. The first-order valence-electron chi connectivity index (χ1n) is 7.16. The molecule has 1 atom stereocenters. The molecule has 0 aromatic rings. The maximum Gasteiger partial charge on any atom is 0.0168 e. The van der Waals surface area contributed by atoms with E-state index in [2.05, 4.69) is 18.7 Å². The van der Waals surface area contributed by atoms with Gasteiger partial charge in [-0.1, -0.05) is 13.8 Å². The van der Waals surface area contributed by atoms with Crippen LogP contribution in [0.2, 0.25) is 0 Å². The summed E-state index contributed by atoms with van der Waals surface area (Å²) in [5.41, 5.74) is 6.07. The maximum absolute atomic E-state index is 6.07. The van der Waals surface area contributed by atoms with Gasteiger partial charge in [-0.2, -0.15) is 0 Å². The highest BCUT2D eigenvalue weighted by Gasteiger charge is 2.29. The zero-order valence-electron chi connectivity index (χ0n) is 11.0. The Balaban J connectivity index is 1.79. The van der Waals surface area contributed by atoms with Crippen LogP contribution in [0.3, 0.4) is 0 Å². The van der Waals surface area contributed by atoms with E-state index in [1.807, 2.05) is 0 Å². The number of hydrogen-bond acceptors (Lipinski definition) is 2. The fraction of sp³-hybridized carbons (Fsp3) is 1.00.